The van der Waals surface area contributed by atoms with E-state index in [4.69, 9.17) is 5.11 Å². The predicted octanol–water partition coefficient (Wildman–Crippen LogP) is 2.39. The zero-order chi connectivity index (χ0) is 12.6. The lowest BCUT2D eigenvalue weighted by Crippen LogP contribution is -2.34. The Morgan fingerprint density at radius 3 is 2.76 bits per heavy atom. The lowest BCUT2D eigenvalue weighted by atomic mass is 9.99. The second-order valence-electron chi connectivity index (χ2n) is 3.78. The number of nitro benzene ring substituents is 1. The van der Waals surface area contributed by atoms with E-state index < -0.39 is 11.0 Å². The summed E-state index contributed by atoms with van der Waals surface area (Å²) in [5.74, 6) is 0. The molecule has 0 saturated carbocycles. The van der Waals surface area contributed by atoms with Crippen LogP contribution in [0.4, 0.5) is 10.5 Å². The number of benzene rings is 1. The van der Waals surface area contributed by atoms with Crippen LogP contribution in [0.2, 0.25) is 0 Å². The van der Waals surface area contributed by atoms with Crippen LogP contribution in [0.5, 0.6) is 0 Å². The van der Waals surface area contributed by atoms with Gasteiger partial charge in [0.1, 0.15) is 0 Å². The molecule has 0 spiro atoms. The summed E-state index contributed by atoms with van der Waals surface area (Å²) < 4.78 is 0.383. The highest BCUT2D eigenvalue weighted by molar-refractivity contribution is 9.10. The Balaban J connectivity index is 2.38. The van der Waals surface area contributed by atoms with Crippen molar-refractivity contribution < 1.29 is 14.8 Å². The van der Waals surface area contributed by atoms with E-state index in [1.54, 1.807) is 6.07 Å². The van der Waals surface area contributed by atoms with Crippen molar-refractivity contribution in [1.82, 2.24) is 4.90 Å². The number of halogens is 1. The second kappa shape index (κ2) is 4.33. The van der Waals surface area contributed by atoms with Gasteiger partial charge < -0.3 is 10.0 Å². The quantitative estimate of drug-likeness (QED) is 0.637. The Morgan fingerprint density at radius 2 is 2.18 bits per heavy atom. The normalized spacial score (nSPS) is 14.3. The van der Waals surface area contributed by atoms with Crippen LogP contribution in [0.3, 0.4) is 0 Å². The molecule has 1 aromatic carbocycles. The number of hydrogen-bond acceptors (Lipinski definition) is 3. The average Bonchev–Trinajstić information content (AvgIpc) is 2.26. The van der Waals surface area contributed by atoms with Crippen LogP contribution < -0.4 is 0 Å². The Morgan fingerprint density at radius 1 is 1.47 bits per heavy atom. The van der Waals surface area contributed by atoms with Gasteiger partial charge in [0.2, 0.25) is 0 Å². The molecule has 1 aliphatic rings. The van der Waals surface area contributed by atoms with Crippen molar-refractivity contribution in [3.8, 4) is 0 Å². The van der Waals surface area contributed by atoms with E-state index in [-0.39, 0.29) is 12.2 Å². The van der Waals surface area contributed by atoms with E-state index in [9.17, 15) is 14.9 Å². The number of nitrogens with zero attached hydrogens (tertiary/aromatic N) is 2. The van der Waals surface area contributed by atoms with Crippen LogP contribution in [0.25, 0.3) is 0 Å². The van der Waals surface area contributed by atoms with Crippen LogP contribution in [0.1, 0.15) is 11.1 Å². The van der Waals surface area contributed by atoms with Gasteiger partial charge >= 0.3 is 6.09 Å². The third-order valence-corrected chi connectivity index (χ3v) is 3.38. The molecule has 1 heterocycles. The Kier molecular flexibility index (Phi) is 3.01. The molecule has 1 aliphatic heterocycles. The summed E-state index contributed by atoms with van der Waals surface area (Å²) in [6, 6.07) is 3.14. The maximum absolute atomic E-state index is 10.8. The smallest absolute Gasteiger partial charge is 0.407 e. The molecule has 17 heavy (non-hydrogen) atoms. The zero-order valence-corrected chi connectivity index (χ0v) is 10.3. The molecule has 0 bridgehead atoms. The summed E-state index contributed by atoms with van der Waals surface area (Å²) >= 11 is 3.13. The second-order valence-corrected chi connectivity index (χ2v) is 4.64. The van der Waals surface area contributed by atoms with Gasteiger partial charge in [-0.25, -0.2) is 4.79 Å². The third kappa shape index (κ3) is 2.23. The number of rotatable bonds is 1. The first-order valence-corrected chi connectivity index (χ1v) is 5.72. The molecule has 7 heteroatoms. The largest absolute Gasteiger partial charge is 0.465 e. The van der Waals surface area contributed by atoms with Crippen LogP contribution in [0.15, 0.2) is 16.6 Å². The number of carbonyl (C=O) groups is 1. The van der Waals surface area contributed by atoms with Gasteiger partial charge in [-0.2, -0.15) is 0 Å². The summed E-state index contributed by atoms with van der Waals surface area (Å²) in [6.45, 7) is 0.655. The van der Waals surface area contributed by atoms with Gasteiger partial charge in [-0.1, -0.05) is 0 Å². The van der Waals surface area contributed by atoms with Crippen LogP contribution in [-0.2, 0) is 13.0 Å². The van der Waals surface area contributed by atoms with E-state index in [1.807, 2.05) is 0 Å². The molecule has 6 nitrogen and oxygen atoms in total. The minimum Gasteiger partial charge on any atom is -0.465 e. The maximum Gasteiger partial charge on any atom is 0.407 e. The van der Waals surface area contributed by atoms with Gasteiger partial charge in [0.15, 0.2) is 0 Å². The van der Waals surface area contributed by atoms with E-state index in [1.165, 1.54) is 11.0 Å². The maximum atomic E-state index is 10.8. The van der Waals surface area contributed by atoms with E-state index in [0.717, 1.165) is 11.1 Å². The molecule has 0 atom stereocenters. The number of hydrogen-bond donors (Lipinski definition) is 1. The monoisotopic (exact) mass is 300 g/mol. The molecule has 1 amide bonds. The van der Waals surface area contributed by atoms with Crippen molar-refractivity contribution in [2.45, 2.75) is 13.0 Å². The average molecular weight is 301 g/mol. The molecule has 2 rings (SSSR count). The molecule has 90 valence electrons. The molecule has 0 saturated heterocycles. The number of carboxylic acid groups (broad SMARTS) is 1. The zero-order valence-electron chi connectivity index (χ0n) is 8.72. The Bertz CT molecular complexity index is 503. The van der Waals surface area contributed by atoms with Crippen molar-refractivity contribution in [1.29, 1.82) is 0 Å². The van der Waals surface area contributed by atoms with E-state index >= 15 is 0 Å². The summed E-state index contributed by atoms with van der Waals surface area (Å²) in [5, 5.41) is 19.6. The molecular weight excluding hydrogens is 292 g/mol. The van der Waals surface area contributed by atoms with Gasteiger partial charge in [0, 0.05) is 19.2 Å². The lowest BCUT2D eigenvalue weighted by molar-refractivity contribution is -0.385. The highest BCUT2D eigenvalue weighted by atomic mass is 79.9. The topological polar surface area (TPSA) is 83.7 Å². The molecule has 0 radical (unpaired) electrons. The van der Waals surface area contributed by atoms with E-state index in [2.05, 4.69) is 15.9 Å². The van der Waals surface area contributed by atoms with Crippen molar-refractivity contribution in [3.05, 3.63) is 37.8 Å². The van der Waals surface area contributed by atoms with Gasteiger partial charge in [0.25, 0.3) is 5.69 Å². The Labute approximate surface area is 105 Å². The molecule has 1 N–H and O–H groups in total. The summed E-state index contributed by atoms with van der Waals surface area (Å²) in [5.41, 5.74) is 1.68. The van der Waals surface area contributed by atoms with Crippen molar-refractivity contribution in [2.24, 2.45) is 0 Å². The molecule has 0 unspecified atom stereocenters. The molecule has 0 fully saturated rings. The van der Waals surface area contributed by atoms with E-state index in [0.29, 0.717) is 17.4 Å². The standard InChI is InChI=1S/C10H9BrN2O4/c11-8-3-7-5-12(10(14)15)2-1-6(7)4-9(8)13(16)17/h3-4H,1-2,5H2,(H,14,15). The molecular formula is C10H9BrN2O4. The molecule has 1 aromatic rings. The lowest BCUT2D eigenvalue weighted by Gasteiger charge is -2.26. The first-order chi connectivity index (χ1) is 7.99. The molecule has 0 aliphatic carbocycles. The van der Waals surface area contributed by atoms with Crippen molar-refractivity contribution >= 4 is 27.7 Å². The van der Waals surface area contributed by atoms with Gasteiger partial charge in [-0.15, -0.1) is 0 Å². The SMILES string of the molecule is O=C(O)N1CCc2cc([N+](=O)[O-])c(Br)cc2C1. The Hall–Kier alpha value is -1.63. The summed E-state index contributed by atoms with van der Waals surface area (Å²) in [6.07, 6.45) is -0.458. The van der Waals surface area contributed by atoms with Crippen molar-refractivity contribution in [3.63, 3.8) is 0 Å². The minimum absolute atomic E-state index is 0.0209. The van der Waals surface area contributed by atoms with Crippen LogP contribution in [-0.4, -0.2) is 27.6 Å². The number of amides is 1. The van der Waals surface area contributed by atoms with Gasteiger partial charge in [-0.3, -0.25) is 10.1 Å². The number of fused-ring (bicyclic) bond motifs is 1. The minimum atomic E-state index is -0.967. The fourth-order valence-corrected chi connectivity index (χ4v) is 2.41. The number of nitro groups is 1. The molecule has 0 aromatic heterocycles. The third-order valence-electron chi connectivity index (χ3n) is 2.75. The fraction of sp³-hybridized carbons (Fsp3) is 0.300. The highest BCUT2D eigenvalue weighted by Crippen LogP contribution is 2.31. The summed E-state index contributed by atoms with van der Waals surface area (Å²) in [4.78, 5) is 22.4. The van der Waals surface area contributed by atoms with Gasteiger partial charge in [0.05, 0.1) is 9.40 Å². The van der Waals surface area contributed by atoms with Crippen molar-refractivity contribution in [2.75, 3.05) is 6.54 Å². The van der Waals surface area contributed by atoms with Gasteiger partial charge in [-0.05, 0) is 39.5 Å². The highest BCUT2D eigenvalue weighted by Gasteiger charge is 2.23. The first-order valence-electron chi connectivity index (χ1n) is 4.92. The summed E-state index contributed by atoms with van der Waals surface area (Å²) in [7, 11) is 0. The first kappa shape index (κ1) is 11.8. The predicted molar refractivity (Wildman–Crippen MR) is 62.9 cm³/mol. The van der Waals surface area contributed by atoms with Crippen LogP contribution in [0, 0.1) is 10.1 Å². The fourth-order valence-electron chi connectivity index (χ4n) is 1.87. The van der Waals surface area contributed by atoms with Crippen LogP contribution >= 0.6 is 15.9 Å².